The molecule has 0 aromatic rings. The predicted octanol–water partition coefficient (Wildman–Crippen LogP) is 3.93. The smallest absolute Gasteiger partial charge is 0.0723 e. The van der Waals surface area contributed by atoms with Gasteiger partial charge in [-0.25, -0.2) is 0 Å². The molecule has 122 valence electrons. The number of hydrogen-bond acceptors (Lipinski definition) is 2. The highest BCUT2D eigenvalue weighted by molar-refractivity contribution is 5.04. The fraction of sp³-hybridized carbons (Fsp3) is 1.00. The van der Waals surface area contributed by atoms with Crippen LogP contribution >= 0.6 is 0 Å². The first-order valence-electron chi connectivity index (χ1n) is 9.45. The number of aliphatic hydroxyl groups is 1. The molecule has 0 saturated heterocycles. The molecule has 0 aliphatic heterocycles. The highest BCUT2D eigenvalue weighted by Gasteiger charge is 2.53. The van der Waals surface area contributed by atoms with Gasteiger partial charge in [0.05, 0.1) is 6.10 Å². The molecule has 2 atom stereocenters. The zero-order valence-corrected chi connectivity index (χ0v) is 14.4. The van der Waals surface area contributed by atoms with Crippen molar-refractivity contribution in [2.45, 2.75) is 71.8 Å². The monoisotopic (exact) mass is 293 g/mol. The molecule has 0 aromatic heterocycles. The van der Waals surface area contributed by atoms with Crippen molar-refractivity contribution in [2.24, 2.45) is 29.1 Å². The van der Waals surface area contributed by atoms with Gasteiger partial charge >= 0.3 is 0 Å². The Balaban J connectivity index is 1.63. The first-order valence-corrected chi connectivity index (χ1v) is 9.45. The number of rotatable bonds is 7. The summed E-state index contributed by atoms with van der Waals surface area (Å²) >= 11 is 0. The van der Waals surface area contributed by atoms with Crippen molar-refractivity contribution in [3.05, 3.63) is 0 Å². The molecule has 2 heteroatoms. The standard InChI is InChI=1S/C19H35NO/c1-4-14(3)12-20(5-2)13-18(21)19-9-15-6-16(10-19)8-17(7-15)11-19/h14-18,21H,4-13H2,1-3H3. The van der Waals surface area contributed by atoms with Gasteiger partial charge in [0.25, 0.3) is 0 Å². The lowest BCUT2D eigenvalue weighted by molar-refractivity contribution is -0.127. The van der Waals surface area contributed by atoms with Crippen molar-refractivity contribution in [1.82, 2.24) is 4.90 Å². The van der Waals surface area contributed by atoms with Crippen molar-refractivity contribution in [3.8, 4) is 0 Å². The van der Waals surface area contributed by atoms with Gasteiger partial charge in [0.15, 0.2) is 0 Å². The van der Waals surface area contributed by atoms with Crippen LogP contribution in [0.1, 0.15) is 65.7 Å². The van der Waals surface area contributed by atoms with E-state index in [0.29, 0.717) is 0 Å². The van der Waals surface area contributed by atoms with Crippen molar-refractivity contribution >= 4 is 0 Å². The fourth-order valence-electron chi connectivity index (χ4n) is 5.93. The van der Waals surface area contributed by atoms with Crippen LogP contribution in [0.15, 0.2) is 0 Å². The van der Waals surface area contributed by atoms with Crippen molar-refractivity contribution in [1.29, 1.82) is 0 Å². The minimum absolute atomic E-state index is 0.0880. The van der Waals surface area contributed by atoms with E-state index in [1.807, 2.05) is 0 Å². The zero-order chi connectivity index (χ0) is 15.0. The second-order valence-electron chi connectivity index (χ2n) is 8.66. The Bertz CT molecular complexity index is 318. The molecular formula is C19H35NO. The van der Waals surface area contributed by atoms with E-state index < -0.39 is 0 Å². The summed E-state index contributed by atoms with van der Waals surface area (Å²) in [5.74, 6) is 3.56. The maximum absolute atomic E-state index is 11.1. The molecule has 4 aliphatic rings. The number of hydrogen-bond donors (Lipinski definition) is 1. The van der Waals surface area contributed by atoms with Crippen LogP contribution in [-0.2, 0) is 0 Å². The van der Waals surface area contributed by atoms with Gasteiger partial charge in [0.2, 0.25) is 0 Å². The summed E-state index contributed by atoms with van der Waals surface area (Å²) in [6.07, 6.45) is 9.52. The van der Waals surface area contributed by atoms with E-state index in [9.17, 15) is 5.11 Å². The fourth-order valence-corrected chi connectivity index (χ4v) is 5.93. The Kier molecular flexibility index (Phi) is 4.66. The van der Waals surface area contributed by atoms with Crippen molar-refractivity contribution in [3.63, 3.8) is 0 Å². The quantitative estimate of drug-likeness (QED) is 0.769. The Morgan fingerprint density at radius 2 is 1.52 bits per heavy atom. The number of likely N-dealkylation sites (N-methyl/N-ethyl adjacent to an activating group) is 1. The summed E-state index contributed by atoms with van der Waals surface area (Å²) in [4.78, 5) is 2.50. The summed E-state index contributed by atoms with van der Waals surface area (Å²) in [7, 11) is 0. The van der Waals surface area contributed by atoms with Crippen molar-refractivity contribution < 1.29 is 5.11 Å². The molecular weight excluding hydrogens is 258 g/mol. The summed E-state index contributed by atoms with van der Waals surface area (Å²) in [6.45, 7) is 9.99. The van der Waals surface area contributed by atoms with Crippen LogP contribution in [0.25, 0.3) is 0 Å². The second kappa shape index (κ2) is 6.20. The molecule has 0 radical (unpaired) electrons. The van der Waals surface area contributed by atoms with Crippen LogP contribution < -0.4 is 0 Å². The molecule has 4 bridgehead atoms. The lowest BCUT2D eigenvalue weighted by Crippen LogP contribution is -2.54. The summed E-state index contributed by atoms with van der Waals surface area (Å²) in [5, 5.41) is 11.1. The molecule has 1 N–H and O–H groups in total. The summed E-state index contributed by atoms with van der Waals surface area (Å²) < 4.78 is 0. The molecule has 4 saturated carbocycles. The van der Waals surface area contributed by atoms with Crippen LogP contribution in [0.3, 0.4) is 0 Å². The largest absolute Gasteiger partial charge is 0.391 e. The van der Waals surface area contributed by atoms with E-state index >= 15 is 0 Å². The Labute approximate surface area is 131 Å². The van der Waals surface area contributed by atoms with E-state index in [4.69, 9.17) is 0 Å². The molecule has 0 amide bonds. The Morgan fingerprint density at radius 1 is 1.00 bits per heavy atom. The van der Waals surface area contributed by atoms with Crippen LogP contribution in [-0.4, -0.2) is 35.7 Å². The SMILES string of the molecule is CCC(C)CN(CC)CC(O)C12CC3CC(CC(C3)C1)C2. The van der Waals surface area contributed by atoms with E-state index in [-0.39, 0.29) is 11.5 Å². The molecule has 4 fully saturated rings. The average Bonchev–Trinajstić information content (AvgIpc) is 2.44. The highest BCUT2D eigenvalue weighted by Crippen LogP contribution is 2.61. The topological polar surface area (TPSA) is 23.5 Å². The molecule has 4 aliphatic carbocycles. The van der Waals surface area contributed by atoms with Gasteiger partial charge in [-0.2, -0.15) is 0 Å². The van der Waals surface area contributed by atoms with Gasteiger partial charge in [-0.1, -0.05) is 27.2 Å². The average molecular weight is 293 g/mol. The van der Waals surface area contributed by atoms with Crippen LogP contribution in [0, 0.1) is 29.1 Å². The first kappa shape index (κ1) is 15.8. The lowest BCUT2D eigenvalue weighted by atomic mass is 9.48. The molecule has 0 spiro atoms. The van der Waals surface area contributed by atoms with E-state index in [1.54, 1.807) is 0 Å². The van der Waals surface area contributed by atoms with Gasteiger partial charge in [-0.3, -0.25) is 0 Å². The Morgan fingerprint density at radius 3 is 1.95 bits per heavy atom. The van der Waals surface area contributed by atoms with Crippen LogP contribution in [0.2, 0.25) is 0 Å². The normalized spacial score (nSPS) is 40.7. The third-order valence-electron chi connectivity index (χ3n) is 6.94. The van der Waals surface area contributed by atoms with Crippen LogP contribution in [0.5, 0.6) is 0 Å². The molecule has 4 rings (SSSR count). The highest BCUT2D eigenvalue weighted by atomic mass is 16.3. The summed E-state index contributed by atoms with van der Waals surface area (Å²) in [5.41, 5.74) is 0.289. The minimum Gasteiger partial charge on any atom is -0.391 e. The lowest BCUT2D eigenvalue weighted by Gasteiger charge is -2.58. The molecule has 21 heavy (non-hydrogen) atoms. The van der Waals surface area contributed by atoms with Gasteiger partial charge in [-0.15, -0.1) is 0 Å². The molecule has 0 aromatic carbocycles. The van der Waals surface area contributed by atoms with Crippen LogP contribution in [0.4, 0.5) is 0 Å². The number of nitrogens with zero attached hydrogens (tertiary/aromatic N) is 1. The zero-order valence-electron chi connectivity index (χ0n) is 14.4. The predicted molar refractivity (Wildman–Crippen MR) is 88.2 cm³/mol. The van der Waals surface area contributed by atoms with E-state index in [1.165, 1.54) is 44.9 Å². The second-order valence-corrected chi connectivity index (χ2v) is 8.66. The van der Waals surface area contributed by atoms with Gasteiger partial charge < -0.3 is 10.0 Å². The third kappa shape index (κ3) is 3.17. The van der Waals surface area contributed by atoms with Gasteiger partial charge in [-0.05, 0) is 74.2 Å². The van der Waals surface area contributed by atoms with Gasteiger partial charge in [0.1, 0.15) is 0 Å². The van der Waals surface area contributed by atoms with Gasteiger partial charge in [0, 0.05) is 13.1 Å². The van der Waals surface area contributed by atoms with E-state index in [2.05, 4.69) is 25.7 Å². The van der Waals surface area contributed by atoms with Crippen molar-refractivity contribution in [2.75, 3.05) is 19.6 Å². The van der Waals surface area contributed by atoms with E-state index in [0.717, 1.165) is 43.3 Å². The maximum atomic E-state index is 11.1. The summed E-state index contributed by atoms with van der Waals surface area (Å²) in [6, 6.07) is 0. The molecule has 0 heterocycles. The maximum Gasteiger partial charge on any atom is 0.0723 e. The molecule has 2 nitrogen and oxygen atoms in total. The minimum atomic E-state index is -0.0880. The number of aliphatic hydroxyl groups excluding tert-OH is 1. The first-order chi connectivity index (χ1) is 10.0. The molecule has 2 unspecified atom stereocenters. The Hall–Kier alpha value is -0.0800. The third-order valence-corrected chi connectivity index (χ3v) is 6.94.